The Balaban J connectivity index is 1.65. The molecule has 2 amide bonds. The van der Waals surface area contributed by atoms with Crippen LogP contribution in [0.5, 0.6) is 0 Å². The second-order valence-corrected chi connectivity index (χ2v) is 8.74. The molecule has 0 aliphatic heterocycles. The zero-order valence-corrected chi connectivity index (χ0v) is 20.9. The van der Waals surface area contributed by atoms with E-state index in [1.807, 2.05) is 0 Å². The van der Waals surface area contributed by atoms with Crippen LogP contribution in [-0.4, -0.2) is 39.4 Å². The van der Waals surface area contributed by atoms with Crippen LogP contribution < -0.4 is 16.2 Å². The van der Waals surface area contributed by atoms with E-state index >= 15 is 0 Å². The van der Waals surface area contributed by atoms with Crippen LogP contribution in [0.25, 0.3) is 11.4 Å². The molecule has 4 rings (SSSR count). The van der Waals surface area contributed by atoms with Gasteiger partial charge >= 0.3 is 6.18 Å². The summed E-state index contributed by atoms with van der Waals surface area (Å²) in [5.41, 5.74) is 0.0664. The van der Waals surface area contributed by atoms with Crippen LogP contribution in [0, 0.1) is 0 Å². The van der Waals surface area contributed by atoms with Crippen molar-refractivity contribution in [2.75, 3.05) is 5.32 Å². The number of anilines is 1. The van der Waals surface area contributed by atoms with Gasteiger partial charge in [0.05, 0.1) is 6.20 Å². The first kappa shape index (κ1) is 28.0. The molecule has 8 nitrogen and oxygen atoms in total. The number of aromatic nitrogens is 2. The van der Waals surface area contributed by atoms with Crippen molar-refractivity contribution in [2.24, 2.45) is 0 Å². The Bertz CT molecular complexity index is 1560. The molecule has 1 unspecified atom stereocenters. The monoisotopic (exact) mass is 548 g/mol. The highest BCUT2D eigenvalue weighted by molar-refractivity contribution is 6.04. The third-order valence-electron chi connectivity index (χ3n) is 5.88. The van der Waals surface area contributed by atoms with Crippen molar-refractivity contribution in [1.29, 1.82) is 0 Å². The summed E-state index contributed by atoms with van der Waals surface area (Å²) in [7, 11) is 0. The predicted octanol–water partition coefficient (Wildman–Crippen LogP) is 4.02. The summed E-state index contributed by atoms with van der Waals surface area (Å²) in [5.74, 6) is -3.70. The van der Waals surface area contributed by atoms with Gasteiger partial charge in [0.25, 0.3) is 17.2 Å². The van der Waals surface area contributed by atoms with E-state index in [2.05, 4.69) is 15.6 Å². The van der Waals surface area contributed by atoms with E-state index in [-0.39, 0.29) is 17.1 Å². The van der Waals surface area contributed by atoms with E-state index in [9.17, 15) is 32.3 Å². The topological polar surface area (TPSA) is 110 Å². The number of hydrogen-bond acceptors (Lipinski definition) is 5. The summed E-state index contributed by atoms with van der Waals surface area (Å²) in [6.07, 6.45) is -4.45. The molecule has 204 valence electrons. The highest BCUT2D eigenvalue weighted by Gasteiger charge is 2.44. The van der Waals surface area contributed by atoms with Gasteiger partial charge in [-0.25, -0.2) is 4.98 Å². The van der Waals surface area contributed by atoms with Crippen molar-refractivity contribution in [1.82, 2.24) is 14.9 Å². The smallest absolute Gasteiger partial charge is 0.344 e. The lowest BCUT2D eigenvalue weighted by Crippen LogP contribution is -2.49. The van der Waals surface area contributed by atoms with Crippen molar-refractivity contribution < 1.29 is 27.6 Å². The van der Waals surface area contributed by atoms with Crippen LogP contribution >= 0.6 is 0 Å². The van der Waals surface area contributed by atoms with Gasteiger partial charge in [0.1, 0.15) is 24.1 Å². The minimum atomic E-state index is -5.19. The van der Waals surface area contributed by atoms with Crippen LogP contribution in [0.2, 0.25) is 0 Å². The molecule has 0 saturated heterocycles. The normalized spacial score (nSPS) is 11.9. The minimum Gasteiger partial charge on any atom is -0.344 e. The standard InChI is InChI=1S/C29H23F3N4O4/c30-29(31,32)25(38)22(16-19-10-4-1-5-11-19)34-24(37)18-36-26(20-12-6-2-7-13-20)33-17-23(28(36)40)35-27(39)21-14-8-3-9-15-21/h1-15,17,22H,16,18H2,(H,34,37)(H,35,39). The molecule has 1 aromatic heterocycles. The van der Waals surface area contributed by atoms with Crippen LogP contribution in [0.15, 0.2) is 102 Å². The summed E-state index contributed by atoms with van der Waals surface area (Å²) < 4.78 is 40.9. The third-order valence-corrected chi connectivity index (χ3v) is 5.88. The van der Waals surface area contributed by atoms with Crippen molar-refractivity contribution in [3.8, 4) is 11.4 Å². The fraction of sp³-hybridized carbons (Fsp3) is 0.138. The summed E-state index contributed by atoms with van der Waals surface area (Å²) >= 11 is 0. The molecule has 0 aliphatic carbocycles. The van der Waals surface area contributed by atoms with Crippen LogP contribution in [0.3, 0.4) is 0 Å². The van der Waals surface area contributed by atoms with Gasteiger partial charge in [-0.2, -0.15) is 13.2 Å². The van der Waals surface area contributed by atoms with E-state index in [1.54, 1.807) is 66.7 Å². The van der Waals surface area contributed by atoms with E-state index in [0.29, 0.717) is 11.1 Å². The maximum Gasteiger partial charge on any atom is 0.452 e. The average Bonchev–Trinajstić information content (AvgIpc) is 2.95. The molecular formula is C29H23F3N4O4. The Hall–Kier alpha value is -5.06. The first-order valence-electron chi connectivity index (χ1n) is 12.1. The number of hydrogen-bond donors (Lipinski definition) is 2. The van der Waals surface area contributed by atoms with E-state index in [4.69, 9.17) is 0 Å². The van der Waals surface area contributed by atoms with Crippen molar-refractivity contribution in [3.63, 3.8) is 0 Å². The number of amides is 2. The van der Waals surface area contributed by atoms with E-state index in [0.717, 1.165) is 10.8 Å². The Morgan fingerprint density at radius 1 is 0.850 bits per heavy atom. The third kappa shape index (κ3) is 6.87. The minimum absolute atomic E-state index is 0.0419. The van der Waals surface area contributed by atoms with Crippen molar-refractivity contribution in [2.45, 2.75) is 25.2 Å². The average molecular weight is 549 g/mol. The van der Waals surface area contributed by atoms with E-state index < -0.39 is 48.3 Å². The van der Waals surface area contributed by atoms with Gasteiger partial charge in [0, 0.05) is 17.5 Å². The lowest BCUT2D eigenvalue weighted by molar-refractivity contribution is -0.173. The second kappa shape index (κ2) is 12.2. The molecule has 11 heteroatoms. The van der Waals surface area contributed by atoms with Crippen LogP contribution in [-0.2, 0) is 22.6 Å². The Morgan fingerprint density at radius 3 is 2.02 bits per heavy atom. The first-order chi connectivity index (χ1) is 19.1. The number of carbonyl (C=O) groups excluding carboxylic acids is 3. The maximum atomic E-state index is 13.4. The molecule has 40 heavy (non-hydrogen) atoms. The fourth-order valence-electron chi connectivity index (χ4n) is 3.97. The lowest BCUT2D eigenvalue weighted by Gasteiger charge is -2.20. The van der Waals surface area contributed by atoms with Crippen LogP contribution in [0.1, 0.15) is 15.9 Å². The molecule has 2 N–H and O–H groups in total. The van der Waals surface area contributed by atoms with Gasteiger partial charge in [-0.15, -0.1) is 0 Å². The number of Topliss-reactive ketones (excluding diaryl/α,β-unsaturated/α-hetero) is 1. The Kier molecular flexibility index (Phi) is 8.53. The molecule has 3 aromatic carbocycles. The second-order valence-electron chi connectivity index (χ2n) is 8.74. The Labute approximate surface area is 226 Å². The fourth-order valence-corrected chi connectivity index (χ4v) is 3.97. The number of benzene rings is 3. The number of ketones is 1. The summed E-state index contributed by atoms with van der Waals surface area (Å²) in [6.45, 7) is -0.762. The number of nitrogens with one attached hydrogen (secondary N) is 2. The molecule has 4 aromatic rings. The number of rotatable bonds is 9. The lowest BCUT2D eigenvalue weighted by atomic mass is 10.0. The van der Waals surface area contributed by atoms with Gasteiger partial charge in [-0.05, 0) is 17.7 Å². The SMILES string of the molecule is O=C(Cn1c(-c2ccccc2)ncc(NC(=O)c2ccccc2)c1=O)NC(Cc1ccccc1)C(=O)C(F)(F)F. The summed E-state index contributed by atoms with van der Waals surface area (Å²) in [4.78, 5) is 55.5. The van der Waals surface area contributed by atoms with Gasteiger partial charge in [-0.3, -0.25) is 23.7 Å². The Morgan fingerprint density at radius 2 is 1.43 bits per heavy atom. The predicted molar refractivity (Wildman–Crippen MR) is 141 cm³/mol. The molecule has 0 aliphatic rings. The van der Waals surface area contributed by atoms with E-state index in [1.165, 1.54) is 24.3 Å². The zero-order chi connectivity index (χ0) is 28.7. The molecule has 0 bridgehead atoms. The highest BCUT2D eigenvalue weighted by Crippen LogP contribution is 2.21. The molecular weight excluding hydrogens is 525 g/mol. The van der Waals surface area contributed by atoms with Gasteiger partial charge < -0.3 is 10.6 Å². The molecule has 1 heterocycles. The maximum absolute atomic E-state index is 13.4. The molecule has 0 radical (unpaired) electrons. The molecule has 0 fully saturated rings. The summed E-state index contributed by atoms with van der Waals surface area (Å²) in [6, 6.07) is 22.4. The number of nitrogens with zero attached hydrogens (tertiary/aromatic N) is 2. The summed E-state index contributed by atoms with van der Waals surface area (Å²) in [5, 5.41) is 4.59. The number of alkyl halides is 3. The number of carbonyl (C=O) groups is 3. The molecule has 0 spiro atoms. The quantitative estimate of drug-likeness (QED) is 0.328. The molecule has 0 saturated carbocycles. The van der Waals surface area contributed by atoms with Gasteiger partial charge in [0.15, 0.2) is 0 Å². The highest BCUT2D eigenvalue weighted by atomic mass is 19.4. The van der Waals surface area contributed by atoms with Crippen molar-refractivity contribution >= 4 is 23.3 Å². The first-order valence-corrected chi connectivity index (χ1v) is 12.1. The van der Waals surface area contributed by atoms with Crippen LogP contribution in [0.4, 0.5) is 18.9 Å². The number of halogens is 3. The zero-order valence-electron chi connectivity index (χ0n) is 20.9. The van der Waals surface area contributed by atoms with Gasteiger partial charge in [-0.1, -0.05) is 78.9 Å². The van der Waals surface area contributed by atoms with Crippen molar-refractivity contribution in [3.05, 3.63) is 119 Å². The van der Waals surface area contributed by atoms with Gasteiger partial charge in [0.2, 0.25) is 5.91 Å². The largest absolute Gasteiger partial charge is 0.452 e. The molecule has 1 atom stereocenters.